The number of aliphatic carboxylic acids is 1. The molecule has 0 atom stereocenters. The average Bonchev–Trinajstić information content (AvgIpc) is 2.85. The van der Waals surface area contributed by atoms with E-state index in [0.29, 0.717) is 13.1 Å². The van der Waals surface area contributed by atoms with Crippen molar-refractivity contribution in [2.45, 2.75) is 13.5 Å². The Labute approximate surface area is 110 Å². The van der Waals surface area contributed by atoms with Gasteiger partial charge in [-0.2, -0.15) is 0 Å². The van der Waals surface area contributed by atoms with E-state index in [2.05, 4.69) is 22.1 Å². The highest BCUT2D eigenvalue weighted by molar-refractivity contribution is 5.92. The molecule has 0 bridgehead atoms. The maximum absolute atomic E-state index is 12.1. The van der Waals surface area contributed by atoms with Crippen LogP contribution in [-0.4, -0.2) is 74.5 Å². The zero-order chi connectivity index (χ0) is 13.8. The maximum atomic E-state index is 12.1. The smallest absolute Gasteiger partial charge is 0.325 e. The molecule has 1 aromatic heterocycles. The lowest BCUT2D eigenvalue weighted by atomic mass is 10.3. The van der Waals surface area contributed by atoms with Crippen LogP contribution in [0.5, 0.6) is 0 Å². The van der Waals surface area contributed by atoms with Crippen LogP contribution in [-0.2, 0) is 11.3 Å². The minimum absolute atomic E-state index is 0.188. The van der Waals surface area contributed by atoms with Gasteiger partial charge in [0.2, 0.25) is 0 Å². The summed E-state index contributed by atoms with van der Waals surface area (Å²) in [4.78, 5) is 26.7. The average molecular weight is 267 g/mol. The SMILES string of the molecule is CCN1CCN(C(=O)c2cn(CC(=O)O)nn2)CC1. The number of hydrogen-bond acceptors (Lipinski definition) is 5. The third-order valence-corrected chi connectivity index (χ3v) is 3.16. The molecule has 2 rings (SSSR count). The molecule has 0 radical (unpaired) electrons. The molecule has 1 aliphatic heterocycles. The number of likely N-dealkylation sites (N-methyl/N-ethyl adjacent to an activating group) is 1. The van der Waals surface area contributed by atoms with E-state index in [1.165, 1.54) is 6.20 Å². The van der Waals surface area contributed by atoms with E-state index < -0.39 is 5.97 Å². The van der Waals surface area contributed by atoms with Crippen LogP contribution in [0.1, 0.15) is 17.4 Å². The summed E-state index contributed by atoms with van der Waals surface area (Å²) in [6.45, 7) is 5.82. The molecule has 1 saturated heterocycles. The molecule has 0 saturated carbocycles. The van der Waals surface area contributed by atoms with Crippen LogP contribution in [0.3, 0.4) is 0 Å². The number of carboxylic acids is 1. The van der Waals surface area contributed by atoms with Crippen molar-refractivity contribution in [3.8, 4) is 0 Å². The first-order valence-electron chi connectivity index (χ1n) is 6.23. The molecule has 2 heterocycles. The minimum atomic E-state index is -1.01. The summed E-state index contributed by atoms with van der Waals surface area (Å²) in [5.41, 5.74) is 0.200. The second kappa shape index (κ2) is 5.79. The summed E-state index contributed by atoms with van der Waals surface area (Å²) in [5, 5.41) is 16.0. The van der Waals surface area contributed by atoms with Crippen LogP contribution in [0.25, 0.3) is 0 Å². The number of amides is 1. The van der Waals surface area contributed by atoms with E-state index in [1.807, 2.05) is 0 Å². The zero-order valence-electron chi connectivity index (χ0n) is 10.8. The van der Waals surface area contributed by atoms with Gasteiger partial charge in [0, 0.05) is 26.2 Å². The van der Waals surface area contributed by atoms with Gasteiger partial charge in [0.1, 0.15) is 6.54 Å². The summed E-state index contributed by atoms with van der Waals surface area (Å²) in [5.74, 6) is -1.20. The first-order valence-corrected chi connectivity index (χ1v) is 6.23. The van der Waals surface area contributed by atoms with Crippen LogP contribution in [0.15, 0.2) is 6.20 Å². The normalized spacial score (nSPS) is 16.6. The third-order valence-electron chi connectivity index (χ3n) is 3.16. The highest BCUT2D eigenvalue weighted by Gasteiger charge is 2.23. The number of carbonyl (C=O) groups excluding carboxylic acids is 1. The molecule has 8 nitrogen and oxygen atoms in total. The fourth-order valence-corrected chi connectivity index (χ4v) is 2.04. The van der Waals surface area contributed by atoms with Crippen LogP contribution in [0.4, 0.5) is 0 Å². The molecular formula is C11H17N5O3. The summed E-state index contributed by atoms with van der Waals surface area (Å²) < 4.78 is 1.15. The zero-order valence-corrected chi connectivity index (χ0v) is 10.8. The Bertz CT molecular complexity index is 465. The predicted octanol–water partition coefficient (Wildman–Crippen LogP) is -0.860. The van der Waals surface area contributed by atoms with Crippen molar-refractivity contribution < 1.29 is 14.7 Å². The number of carboxylic acid groups (broad SMARTS) is 1. The number of carbonyl (C=O) groups is 2. The number of aromatic nitrogens is 3. The minimum Gasteiger partial charge on any atom is -0.480 e. The number of hydrogen-bond donors (Lipinski definition) is 1. The molecule has 0 unspecified atom stereocenters. The fourth-order valence-electron chi connectivity index (χ4n) is 2.04. The monoisotopic (exact) mass is 267 g/mol. The summed E-state index contributed by atoms with van der Waals surface area (Å²) in [7, 11) is 0. The second-order valence-electron chi connectivity index (χ2n) is 4.42. The second-order valence-corrected chi connectivity index (χ2v) is 4.42. The van der Waals surface area contributed by atoms with Crippen molar-refractivity contribution in [1.82, 2.24) is 24.8 Å². The lowest BCUT2D eigenvalue weighted by molar-refractivity contribution is -0.137. The molecule has 1 fully saturated rings. The van der Waals surface area contributed by atoms with Crippen LogP contribution in [0.2, 0.25) is 0 Å². The van der Waals surface area contributed by atoms with Gasteiger partial charge in [-0.05, 0) is 6.54 Å². The molecule has 1 aliphatic rings. The van der Waals surface area contributed by atoms with Gasteiger partial charge in [0.15, 0.2) is 5.69 Å². The summed E-state index contributed by atoms with van der Waals surface area (Å²) in [6.07, 6.45) is 1.38. The molecule has 1 aromatic rings. The third kappa shape index (κ3) is 3.28. The lowest BCUT2D eigenvalue weighted by Crippen LogP contribution is -2.48. The summed E-state index contributed by atoms with van der Waals surface area (Å²) in [6, 6.07) is 0. The van der Waals surface area contributed by atoms with Gasteiger partial charge in [-0.15, -0.1) is 5.10 Å². The van der Waals surface area contributed by atoms with Gasteiger partial charge in [0.25, 0.3) is 5.91 Å². The molecule has 19 heavy (non-hydrogen) atoms. The number of piperazine rings is 1. The summed E-state index contributed by atoms with van der Waals surface area (Å²) >= 11 is 0. The van der Waals surface area contributed by atoms with Crippen molar-refractivity contribution in [2.24, 2.45) is 0 Å². The molecule has 1 N–H and O–H groups in total. The topological polar surface area (TPSA) is 91.6 Å². The van der Waals surface area contributed by atoms with Gasteiger partial charge < -0.3 is 14.9 Å². The fraction of sp³-hybridized carbons (Fsp3) is 0.636. The van der Waals surface area contributed by atoms with Gasteiger partial charge in [-0.1, -0.05) is 12.1 Å². The van der Waals surface area contributed by atoms with E-state index in [0.717, 1.165) is 24.3 Å². The van der Waals surface area contributed by atoms with Crippen molar-refractivity contribution in [3.05, 3.63) is 11.9 Å². The first-order chi connectivity index (χ1) is 9.10. The van der Waals surface area contributed by atoms with E-state index >= 15 is 0 Å². The molecule has 0 aliphatic carbocycles. The van der Waals surface area contributed by atoms with Crippen molar-refractivity contribution >= 4 is 11.9 Å². The van der Waals surface area contributed by atoms with Gasteiger partial charge in [0.05, 0.1) is 6.20 Å². The van der Waals surface area contributed by atoms with Gasteiger partial charge >= 0.3 is 5.97 Å². The highest BCUT2D eigenvalue weighted by atomic mass is 16.4. The molecular weight excluding hydrogens is 250 g/mol. The van der Waals surface area contributed by atoms with Crippen LogP contribution < -0.4 is 0 Å². The van der Waals surface area contributed by atoms with E-state index in [-0.39, 0.29) is 18.1 Å². The molecule has 0 spiro atoms. The predicted molar refractivity (Wildman–Crippen MR) is 65.7 cm³/mol. The van der Waals surface area contributed by atoms with Crippen LogP contribution >= 0.6 is 0 Å². The van der Waals surface area contributed by atoms with E-state index in [4.69, 9.17) is 5.11 Å². The Morgan fingerprint density at radius 1 is 1.32 bits per heavy atom. The maximum Gasteiger partial charge on any atom is 0.325 e. The molecule has 0 aromatic carbocycles. The Balaban J connectivity index is 1.96. The Kier molecular flexibility index (Phi) is 4.10. The van der Waals surface area contributed by atoms with E-state index in [1.54, 1.807) is 4.90 Å². The highest BCUT2D eigenvalue weighted by Crippen LogP contribution is 2.06. The van der Waals surface area contributed by atoms with Crippen molar-refractivity contribution in [2.75, 3.05) is 32.7 Å². The quantitative estimate of drug-likeness (QED) is 0.763. The molecule has 8 heteroatoms. The first kappa shape index (κ1) is 13.5. The van der Waals surface area contributed by atoms with Gasteiger partial charge in [-0.25, -0.2) is 4.68 Å². The molecule has 1 amide bonds. The Hall–Kier alpha value is -1.96. The standard InChI is InChI=1S/C11H17N5O3/c1-2-14-3-5-15(6-4-14)11(19)9-7-16(13-12-9)8-10(17)18/h7H,2-6,8H2,1H3,(H,17,18). The van der Waals surface area contributed by atoms with E-state index in [9.17, 15) is 9.59 Å². The van der Waals surface area contributed by atoms with Crippen LogP contribution in [0, 0.1) is 0 Å². The lowest BCUT2D eigenvalue weighted by Gasteiger charge is -2.33. The van der Waals surface area contributed by atoms with Crippen molar-refractivity contribution in [1.29, 1.82) is 0 Å². The molecule has 104 valence electrons. The van der Waals surface area contributed by atoms with Gasteiger partial charge in [-0.3, -0.25) is 9.59 Å². The Morgan fingerprint density at radius 2 is 2.00 bits per heavy atom. The number of nitrogens with zero attached hydrogens (tertiary/aromatic N) is 5. The number of rotatable bonds is 4. The van der Waals surface area contributed by atoms with Crippen molar-refractivity contribution in [3.63, 3.8) is 0 Å². The Morgan fingerprint density at radius 3 is 2.58 bits per heavy atom. The largest absolute Gasteiger partial charge is 0.480 e.